The Labute approximate surface area is 65.6 Å². The summed E-state index contributed by atoms with van der Waals surface area (Å²) in [5.74, 6) is -1.23. The van der Waals surface area contributed by atoms with E-state index in [9.17, 15) is 4.79 Å². The van der Waals surface area contributed by atoms with Crippen LogP contribution < -0.4 is 5.73 Å². The molecule has 0 aliphatic heterocycles. The lowest BCUT2D eigenvalue weighted by molar-refractivity contribution is -0.136. The van der Waals surface area contributed by atoms with E-state index < -0.39 is 5.97 Å². The van der Waals surface area contributed by atoms with E-state index >= 15 is 0 Å². The maximum absolute atomic E-state index is 10.4. The third kappa shape index (κ3) is 2.93. The summed E-state index contributed by atoms with van der Waals surface area (Å²) in [7, 11) is 0. The molecule has 0 rings (SSSR count). The van der Waals surface area contributed by atoms with Crippen molar-refractivity contribution in [1.82, 2.24) is 0 Å². The molecule has 4 nitrogen and oxygen atoms in total. The van der Waals surface area contributed by atoms with Gasteiger partial charge in [0.2, 0.25) is 5.76 Å². The van der Waals surface area contributed by atoms with Crippen LogP contribution in [0.4, 0.5) is 0 Å². The first-order chi connectivity index (χ1) is 5.13. The van der Waals surface area contributed by atoms with Crippen LogP contribution in [0.15, 0.2) is 11.5 Å². The van der Waals surface area contributed by atoms with Gasteiger partial charge in [0.15, 0.2) is 0 Å². The number of hydrogen-bond acceptors (Lipinski definition) is 3. The Bertz CT molecular complexity index is 175. The van der Waals surface area contributed by atoms with E-state index in [4.69, 9.17) is 15.6 Å². The smallest absolute Gasteiger partial charge is 0.373 e. The van der Waals surface area contributed by atoms with Crippen LogP contribution in [0.5, 0.6) is 0 Å². The Kier molecular flexibility index (Phi) is 4.10. The third-order valence-corrected chi connectivity index (χ3v) is 1.16. The van der Waals surface area contributed by atoms with Crippen LogP contribution in [0.3, 0.4) is 0 Å². The monoisotopic (exact) mass is 159 g/mol. The van der Waals surface area contributed by atoms with Crippen molar-refractivity contribution in [1.29, 1.82) is 0 Å². The largest absolute Gasteiger partial charge is 0.486 e. The second kappa shape index (κ2) is 4.60. The van der Waals surface area contributed by atoms with Gasteiger partial charge in [-0.3, -0.25) is 0 Å². The molecule has 0 amide bonds. The molecule has 64 valence electrons. The summed E-state index contributed by atoms with van der Waals surface area (Å²) in [6.45, 7) is 3.81. The fourth-order valence-corrected chi connectivity index (χ4v) is 0.597. The van der Waals surface area contributed by atoms with Crippen molar-refractivity contribution < 1.29 is 14.6 Å². The van der Waals surface area contributed by atoms with Gasteiger partial charge in [-0.05, 0) is 13.3 Å². The summed E-state index contributed by atoms with van der Waals surface area (Å²) >= 11 is 0. The van der Waals surface area contributed by atoms with Gasteiger partial charge in [-0.25, -0.2) is 4.79 Å². The van der Waals surface area contributed by atoms with Gasteiger partial charge >= 0.3 is 5.97 Å². The molecule has 0 unspecified atom stereocenters. The highest BCUT2D eigenvalue weighted by Gasteiger charge is 2.11. The minimum atomic E-state index is -1.11. The Morgan fingerprint density at radius 3 is 2.36 bits per heavy atom. The molecule has 0 aliphatic rings. The lowest BCUT2D eigenvalue weighted by Gasteiger charge is -2.05. The van der Waals surface area contributed by atoms with Gasteiger partial charge in [0, 0.05) is 0 Å². The van der Waals surface area contributed by atoms with E-state index in [2.05, 4.69) is 0 Å². The van der Waals surface area contributed by atoms with E-state index in [1.807, 2.05) is 0 Å². The number of carbonyl (C=O) groups is 1. The number of allylic oxidation sites excluding steroid dienone is 1. The maximum atomic E-state index is 10.4. The van der Waals surface area contributed by atoms with E-state index in [-0.39, 0.29) is 11.5 Å². The predicted molar refractivity (Wildman–Crippen MR) is 40.8 cm³/mol. The first-order valence-corrected chi connectivity index (χ1v) is 3.48. The molecular weight excluding hydrogens is 146 g/mol. The molecule has 0 saturated carbocycles. The number of ether oxygens (including phenoxy) is 1. The van der Waals surface area contributed by atoms with E-state index in [1.165, 1.54) is 0 Å². The molecule has 4 heteroatoms. The van der Waals surface area contributed by atoms with E-state index in [0.29, 0.717) is 13.0 Å². The molecule has 0 bridgehead atoms. The van der Waals surface area contributed by atoms with Crippen molar-refractivity contribution in [3.63, 3.8) is 0 Å². The number of nitrogens with two attached hydrogens (primary N) is 1. The van der Waals surface area contributed by atoms with Crippen LogP contribution in [0.2, 0.25) is 0 Å². The Balaban J connectivity index is 4.43. The van der Waals surface area contributed by atoms with Crippen molar-refractivity contribution in [3.05, 3.63) is 11.5 Å². The van der Waals surface area contributed by atoms with Gasteiger partial charge in [0.1, 0.15) is 0 Å². The second-order valence-corrected chi connectivity index (χ2v) is 1.95. The molecule has 0 aromatic heterocycles. The fraction of sp³-hybridized carbons (Fsp3) is 0.571. The molecule has 0 fully saturated rings. The molecule has 0 radical (unpaired) electrons. The van der Waals surface area contributed by atoms with Gasteiger partial charge in [0.05, 0.1) is 12.3 Å². The van der Waals surface area contributed by atoms with Gasteiger partial charge in [-0.2, -0.15) is 0 Å². The van der Waals surface area contributed by atoms with E-state index in [0.717, 1.165) is 0 Å². The number of rotatable bonds is 4. The summed E-state index contributed by atoms with van der Waals surface area (Å²) in [4.78, 5) is 10.4. The fourth-order valence-electron chi connectivity index (χ4n) is 0.597. The summed E-state index contributed by atoms with van der Waals surface area (Å²) < 4.78 is 4.81. The maximum Gasteiger partial charge on any atom is 0.373 e. The Hall–Kier alpha value is -1.19. The average Bonchev–Trinajstić information content (AvgIpc) is 1.98. The lowest BCUT2D eigenvalue weighted by Crippen LogP contribution is -2.12. The highest BCUT2D eigenvalue weighted by molar-refractivity contribution is 5.85. The number of carboxylic acid groups (broad SMARTS) is 1. The quantitative estimate of drug-likeness (QED) is 0.467. The Morgan fingerprint density at radius 1 is 1.55 bits per heavy atom. The molecule has 0 heterocycles. The molecule has 0 saturated heterocycles. The summed E-state index contributed by atoms with van der Waals surface area (Å²) in [6.07, 6.45) is 0.488. The van der Waals surface area contributed by atoms with Gasteiger partial charge in [0.25, 0.3) is 0 Å². The summed E-state index contributed by atoms with van der Waals surface area (Å²) in [6, 6.07) is 0. The van der Waals surface area contributed by atoms with Crippen molar-refractivity contribution in [2.75, 3.05) is 6.61 Å². The number of carboxylic acids is 1. The van der Waals surface area contributed by atoms with Crippen molar-refractivity contribution in [2.45, 2.75) is 20.3 Å². The zero-order valence-electron chi connectivity index (χ0n) is 6.76. The topological polar surface area (TPSA) is 72.5 Å². The SMILES string of the molecule is CCOC(C(=O)O)=C(N)CC. The molecule has 11 heavy (non-hydrogen) atoms. The molecule has 0 aromatic carbocycles. The van der Waals surface area contributed by atoms with Crippen molar-refractivity contribution in [2.24, 2.45) is 5.73 Å². The molecule has 0 spiro atoms. The van der Waals surface area contributed by atoms with Gasteiger partial charge < -0.3 is 15.6 Å². The molecular formula is C7H13NO3. The average molecular weight is 159 g/mol. The minimum absolute atomic E-state index is 0.130. The van der Waals surface area contributed by atoms with Gasteiger partial charge in [-0.15, -0.1) is 0 Å². The van der Waals surface area contributed by atoms with Crippen LogP contribution in [0.25, 0.3) is 0 Å². The Morgan fingerprint density at radius 2 is 2.09 bits per heavy atom. The molecule has 0 aliphatic carbocycles. The number of aliphatic carboxylic acids is 1. The van der Waals surface area contributed by atoms with Crippen LogP contribution in [-0.4, -0.2) is 17.7 Å². The normalized spacial score (nSPS) is 12.2. The highest BCUT2D eigenvalue weighted by atomic mass is 16.5. The van der Waals surface area contributed by atoms with Gasteiger partial charge in [-0.1, -0.05) is 6.92 Å². The van der Waals surface area contributed by atoms with Crippen LogP contribution >= 0.6 is 0 Å². The standard InChI is InChI=1S/C7H13NO3/c1-3-5(8)6(7(9)10)11-4-2/h3-4,8H2,1-2H3,(H,9,10). The lowest BCUT2D eigenvalue weighted by atomic mass is 10.3. The minimum Gasteiger partial charge on any atom is -0.486 e. The summed E-state index contributed by atoms with van der Waals surface area (Å²) in [5.41, 5.74) is 5.66. The molecule has 3 N–H and O–H groups in total. The van der Waals surface area contributed by atoms with Crippen molar-refractivity contribution >= 4 is 5.97 Å². The van der Waals surface area contributed by atoms with Crippen LogP contribution in [0.1, 0.15) is 20.3 Å². The summed E-state index contributed by atoms with van der Waals surface area (Å²) in [5, 5.41) is 8.54. The zero-order chi connectivity index (χ0) is 8.85. The first kappa shape index (κ1) is 9.81. The highest BCUT2D eigenvalue weighted by Crippen LogP contribution is 2.04. The second-order valence-electron chi connectivity index (χ2n) is 1.95. The zero-order valence-corrected chi connectivity index (χ0v) is 6.76. The van der Waals surface area contributed by atoms with E-state index in [1.54, 1.807) is 13.8 Å². The van der Waals surface area contributed by atoms with Crippen molar-refractivity contribution in [3.8, 4) is 0 Å². The molecule has 0 aromatic rings. The van der Waals surface area contributed by atoms with Crippen LogP contribution in [0, 0.1) is 0 Å². The van der Waals surface area contributed by atoms with Crippen LogP contribution in [-0.2, 0) is 9.53 Å². The number of hydrogen-bond donors (Lipinski definition) is 2. The predicted octanol–water partition coefficient (Wildman–Crippen LogP) is 0.688. The molecule has 0 atom stereocenters. The first-order valence-electron chi connectivity index (χ1n) is 3.48. The third-order valence-electron chi connectivity index (χ3n) is 1.16.